The lowest BCUT2D eigenvalue weighted by Gasteiger charge is -2.28. The van der Waals surface area contributed by atoms with Crippen molar-refractivity contribution >= 4 is 23.0 Å². The van der Waals surface area contributed by atoms with Crippen LogP contribution in [0.5, 0.6) is 0 Å². The number of aryl methyl sites for hydroxylation is 1. The van der Waals surface area contributed by atoms with E-state index in [-0.39, 0.29) is 23.1 Å². The van der Waals surface area contributed by atoms with Crippen molar-refractivity contribution < 1.29 is 14.5 Å². The van der Waals surface area contributed by atoms with Gasteiger partial charge in [0, 0.05) is 30.4 Å². The van der Waals surface area contributed by atoms with Crippen molar-refractivity contribution in [2.45, 2.75) is 26.7 Å². The highest BCUT2D eigenvalue weighted by Crippen LogP contribution is 2.31. The normalized spacial score (nSPS) is 14.2. The summed E-state index contributed by atoms with van der Waals surface area (Å²) in [5, 5.41) is 14.6. The van der Waals surface area contributed by atoms with Crippen LogP contribution in [-0.2, 0) is 4.74 Å². The number of nitrogens with zero attached hydrogens (tertiary/aromatic N) is 2. The topological polar surface area (TPSA) is 84.7 Å². The van der Waals surface area contributed by atoms with Crippen LogP contribution in [0.2, 0.25) is 0 Å². The maximum atomic E-state index is 12.8. The van der Waals surface area contributed by atoms with Gasteiger partial charge in [-0.05, 0) is 36.1 Å². The average molecular weight is 383 g/mol. The van der Waals surface area contributed by atoms with Crippen LogP contribution in [0, 0.1) is 17.0 Å². The number of carbonyl (C=O) groups is 1. The molecule has 0 unspecified atom stereocenters. The van der Waals surface area contributed by atoms with Crippen molar-refractivity contribution in [1.82, 2.24) is 0 Å². The highest BCUT2D eigenvalue weighted by Gasteiger charge is 2.24. The van der Waals surface area contributed by atoms with E-state index in [2.05, 4.69) is 19.2 Å². The standard InChI is InChI=1S/C21H25N3O4/c1-14(2)17-6-4-5-15(3)20(17)22-21(25)16-7-8-18(19(13-16)24(26)27)23-9-11-28-12-10-23/h4-8,13-14H,9-12H2,1-3H3,(H,22,25). The molecule has 1 amide bonds. The molecule has 7 heteroatoms. The quantitative estimate of drug-likeness (QED) is 0.620. The van der Waals surface area contributed by atoms with Crippen LogP contribution in [0.15, 0.2) is 36.4 Å². The fourth-order valence-electron chi connectivity index (χ4n) is 3.41. The third kappa shape index (κ3) is 4.14. The summed E-state index contributed by atoms with van der Waals surface area (Å²) in [6.45, 7) is 8.31. The van der Waals surface area contributed by atoms with Crippen LogP contribution < -0.4 is 10.2 Å². The van der Waals surface area contributed by atoms with Crippen LogP contribution in [0.3, 0.4) is 0 Å². The maximum absolute atomic E-state index is 12.8. The summed E-state index contributed by atoms with van der Waals surface area (Å²) < 4.78 is 5.32. The summed E-state index contributed by atoms with van der Waals surface area (Å²) in [7, 11) is 0. The van der Waals surface area contributed by atoms with Crippen LogP contribution in [0.25, 0.3) is 0 Å². The van der Waals surface area contributed by atoms with Crippen molar-refractivity contribution in [3.8, 4) is 0 Å². The summed E-state index contributed by atoms with van der Waals surface area (Å²) in [6.07, 6.45) is 0. The van der Waals surface area contributed by atoms with E-state index in [9.17, 15) is 14.9 Å². The number of amides is 1. The van der Waals surface area contributed by atoms with E-state index in [4.69, 9.17) is 4.74 Å². The number of para-hydroxylation sites is 1. The molecule has 0 atom stereocenters. The van der Waals surface area contributed by atoms with E-state index < -0.39 is 4.92 Å². The molecule has 1 heterocycles. The predicted molar refractivity (Wildman–Crippen MR) is 109 cm³/mol. The number of benzene rings is 2. The van der Waals surface area contributed by atoms with Gasteiger partial charge in [-0.3, -0.25) is 14.9 Å². The minimum absolute atomic E-state index is 0.0663. The average Bonchev–Trinajstić information content (AvgIpc) is 2.69. The maximum Gasteiger partial charge on any atom is 0.293 e. The summed E-state index contributed by atoms with van der Waals surface area (Å²) in [4.78, 5) is 25.9. The summed E-state index contributed by atoms with van der Waals surface area (Å²) in [5.41, 5.74) is 3.47. The van der Waals surface area contributed by atoms with Gasteiger partial charge in [-0.1, -0.05) is 32.0 Å². The molecule has 1 aliphatic heterocycles. The van der Waals surface area contributed by atoms with Gasteiger partial charge in [-0.25, -0.2) is 0 Å². The van der Waals surface area contributed by atoms with E-state index in [1.807, 2.05) is 30.0 Å². The van der Waals surface area contributed by atoms with Gasteiger partial charge in [0.05, 0.1) is 18.1 Å². The van der Waals surface area contributed by atoms with Gasteiger partial charge >= 0.3 is 0 Å². The van der Waals surface area contributed by atoms with Crippen molar-refractivity contribution in [1.29, 1.82) is 0 Å². The van der Waals surface area contributed by atoms with Gasteiger partial charge < -0.3 is 15.0 Å². The number of hydrogen-bond donors (Lipinski definition) is 1. The highest BCUT2D eigenvalue weighted by molar-refractivity contribution is 6.06. The Labute approximate surface area is 164 Å². The number of rotatable bonds is 5. The number of nitro groups is 1. The van der Waals surface area contributed by atoms with Crippen molar-refractivity contribution in [3.05, 3.63) is 63.2 Å². The lowest BCUT2D eigenvalue weighted by Crippen LogP contribution is -2.36. The summed E-state index contributed by atoms with van der Waals surface area (Å²) in [6, 6.07) is 10.5. The molecule has 0 aliphatic carbocycles. The number of morpholine rings is 1. The zero-order valence-electron chi connectivity index (χ0n) is 16.4. The number of nitrogens with one attached hydrogen (secondary N) is 1. The monoisotopic (exact) mass is 383 g/mol. The fraction of sp³-hybridized carbons (Fsp3) is 0.381. The van der Waals surface area contributed by atoms with Crippen LogP contribution >= 0.6 is 0 Å². The second-order valence-electron chi connectivity index (χ2n) is 7.21. The third-order valence-electron chi connectivity index (χ3n) is 4.95. The molecule has 1 aliphatic rings. The van der Waals surface area contributed by atoms with Crippen LogP contribution in [0.1, 0.15) is 41.3 Å². The van der Waals surface area contributed by atoms with Crippen molar-refractivity contribution in [2.24, 2.45) is 0 Å². The lowest BCUT2D eigenvalue weighted by atomic mass is 9.98. The molecule has 0 saturated carbocycles. The smallest absolute Gasteiger partial charge is 0.293 e. The first-order chi connectivity index (χ1) is 13.4. The van der Waals surface area contributed by atoms with Gasteiger partial charge in [0.15, 0.2) is 0 Å². The molecular formula is C21H25N3O4. The van der Waals surface area contributed by atoms with E-state index in [1.165, 1.54) is 6.07 Å². The highest BCUT2D eigenvalue weighted by atomic mass is 16.6. The Hall–Kier alpha value is -2.93. The summed E-state index contributed by atoms with van der Waals surface area (Å²) >= 11 is 0. The van der Waals surface area contributed by atoms with Crippen LogP contribution in [0.4, 0.5) is 17.1 Å². The molecule has 7 nitrogen and oxygen atoms in total. The van der Waals surface area contributed by atoms with Crippen molar-refractivity contribution in [3.63, 3.8) is 0 Å². The van der Waals surface area contributed by atoms with Crippen LogP contribution in [-0.4, -0.2) is 37.1 Å². The molecule has 3 rings (SSSR count). The number of hydrogen-bond acceptors (Lipinski definition) is 5. The van der Waals surface area contributed by atoms with Gasteiger partial charge in [0.25, 0.3) is 11.6 Å². The van der Waals surface area contributed by atoms with E-state index in [0.29, 0.717) is 32.0 Å². The second-order valence-corrected chi connectivity index (χ2v) is 7.21. The minimum atomic E-state index is -0.436. The molecule has 0 aromatic heterocycles. The Kier molecular flexibility index (Phi) is 5.94. The lowest BCUT2D eigenvalue weighted by molar-refractivity contribution is -0.384. The number of ether oxygens (including phenoxy) is 1. The molecular weight excluding hydrogens is 358 g/mol. The number of nitro benzene ring substituents is 1. The minimum Gasteiger partial charge on any atom is -0.378 e. The largest absolute Gasteiger partial charge is 0.378 e. The first-order valence-electron chi connectivity index (χ1n) is 9.40. The molecule has 28 heavy (non-hydrogen) atoms. The Bertz CT molecular complexity index is 889. The molecule has 1 saturated heterocycles. The molecule has 148 valence electrons. The zero-order chi connectivity index (χ0) is 20.3. The van der Waals surface area contributed by atoms with E-state index >= 15 is 0 Å². The van der Waals surface area contributed by atoms with E-state index in [0.717, 1.165) is 16.8 Å². The molecule has 0 spiro atoms. The molecule has 1 N–H and O–H groups in total. The van der Waals surface area contributed by atoms with Gasteiger partial charge in [-0.2, -0.15) is 0 Å². The Morgan fingerprint density at radius 3 is 2.57 bits per heavy atom. The number of carbonyl (C=O) groups excluding carboxylic acids is 1. The predicted octanol–water partition coefficient (Wildman–Crippen LogP) is 4.12. The summed E-state index contributed by atoms with van der Waals surface area (Å²) in [5.74, 6) is -0.110. The van der Waals surface area contributed by atoms with Crippen molar-refractivity contribution in [2.75, 3.05) is 36.5 Å². The molecule has 2 aromatic carbocycles. The Morgan fingerprint density at radius 2 is 1.93 bits per heavy atom. The van der Waals surface area contributed by atoms with Gasteiger partial charge in [0.1, 0.15) is 5.69 Å². The SMILES string of the molecule is Cc1cccc(C(C)C)c1NC(=O)c1ccc(N2CCOCC2)c([N+](=O)[O-])c1. The zero-order valence-corrected chi connectivity index (χ0v) is 16.4. The Morgan fingerprint density at radius 1 is 1.21 bits per heavy atom. The first-order valence-corrected chi connectivity index (χ1v) is 9.40. The number of anilines is 2. The molecule has 1 fully saturated rings. The first kappa shape index (κ1) is 19.8. The molecule has 0 bridgehead atoms. The fourth-order valence-corrected chi connectivity index (χ4v) is 3.41. The second kappa shape index (κ2) is 8.39. The Balaban J connectivity index is 1.91. The van der Waals surface area contributed by atoms with E-state index in [1.54, 1.807) is 12.1 Å². The molecule has 2 aromatic rings. The van der Waals surface area contributed by atoms with Gasteiger partial charge in [0.2, 0.25) is 0 Å². The third-order valence-corrected chi connectivity index (χ3v) is 4.95. The van der Waals surface area contributed by atoms with Gasteiger partial charge in [-0.15, -0.1) is 0 Å². The molecule has 0 radical (unpaired) electrons.